The maximum absolute atomic E-state index is 5.76. The van der Waals surface area contributed by atoms with E-state index in [-0.39, 0.29) is 0 Å². The van der Waals surface area contributed by atoms with Crippen LogP contribution >= 0.6 is 11.6 Å². The molecule has 0 amide bonds. The third kappa shape index (κ3) is 2.13. The van der Waals surface area contributed by atoms with Crippen LogP contribution in [0.5, 0.6) is 0 Å². The van der Waals surface area contributed by atoms with E-state index in [4.69, 9.17) is 11.6 Å². The van der Waals surface area contributed by atoms with Crippen LogP contribution in [0.4, 0.5) is 5.95 Å². The van der Waals surface area contributed by atoms with E-state index in [2.05, 4.69) is 14.9 Å². The molecular weight excluding hydrogens is 234 g/mol. The Bertz CT molecular complexity index is 379. The molecule has 0 radical (unpaired) electrons. The first-order valence-electron chi connectivity index (χ1n) is 6.52. The first kappa shape index (κ1) is 11.3. The van der Waals surface area contributed by atoms with Gasteiger partial charge in [0, 0.05) is 30.5 Å². The molecule has 17 heavy (non-hydrogen) atoms. The lowest BCUT2D eigenvalue weighted by atomic mass is 9.92. The van der Waals surface area contributed by atoms with Gasteiger partial charge >= 0.3 is 0 Å². The number of halogens is 1. The number of nitrogens with zero attached hydrogens (tertiary/aromatic N) is 3. The lowest BCUT2D eigenvalue weighted by molar-refractivity contribution is 0.358. The van der Waals surface area contributed by atoms with Crippen LogP contribution in [0.2, 0.25) is 0 Å². The molecule has 2 heterocycles. The van der Waals surface area contributed by atoms with Crippen molar-refractivity contribution < 1.29 is 0 Å². The first-order chi connectivity index (χ1) is 8.38. The van der Waals surface area contributed by atoms with Gasteiger partial charge in [0.15, 0.2) is 0 Å². The standard InChI is InChI=1S/C13H18ClN3/c14-7-10-8-15-13(16-9-10)17-6-2-4-11-3-1-5-12(11)17/h8-9,11-12H,1-7H2. The van der Waals surface area contributed by atoms with Gasteiger partial charge in [-0.15, -0.1) is 11.6 Å². The summed E-state index contributed by atoms with van der Waals surface area (Å²) >= 11 is 5.76. The minimum atomic E-state index is 0.492. The Balaban J connectivity index is 1.81. The number of piperidine rings is 1. The zero-order valence-corrected chi connectivity index (χ0v) is 10.7. The number of hydrogen-bond donors (Lipinski definition) is 0. The number of fused-ring (bicyclic) bond motifs is 1. The molecular formula is C13H18ClN3. The molecule has 2 fully saturated rings. The SMILES string of the molecule is ClCc1cnc(N2CCCC3CCCC32)nc1. The van der Waals surface area contributed by atoms with Gasteiger partial charge < -0.3 is 4.90 Å². The first-order valence-corrected chi connectivity index (χ1v) is 7.05. The maximum atomic E-state index is 5.76. The predicted octanol–water partition coefficient (Wildman–Crippen LogP) is 2.98. The van der Waals surface area contributed by atoms with Gasteiger partial charge in [-0.2, -0.15) is 0 Å². The predicted molar refractivity (Wildman–Crippen MR) is 69.3 cm³/mol. The summed E-state index contributed by atoms with van der Waals surface area (Å²) in [6, 6.07) is 0.686. The van der Waals surface area contributed by atoms with Crippen LogP contribution in [0.15, 0.2) is 12.4 Å². The van der Waals surface area contributed by atoms with Crippen molar-refractivity contribution in [2.75, 3.05) is 11.4 Å². The third-order valence-corrected chi connectivity index (χ3v) is 4.40. The van der Waals surface area contributed by atoms with Crippen LogP contribution in [0, 0.1) is 5.92 Å². The van der Waals surface area contributed by atoms with Gasteiger partial charge in [0.1, 0.15) is 0 Å². The molecule has 2 aliphatic rings. The fraction of sp³-hybridized carbons (Fsp3) is 0.692. The summed E-state index contributed by atoms with van der Waals surface area (Å²) in [7, 11) is 0. The maximum Gasteiger partial charge on any atom is 0.225 e. The highest BCUT2D eigenvalue weighted by Gasteiger charge is 2.35. The molecule has 1 aliphatic heterocycles. The fourth-order valence-electron chi connectivity index (χ4n) is 3.27. The molecule has 0 bridgehead atoms. The lowest BCUT2D eigenvalue weighted by Gasteiger charge is -2.37. The van der Waals surface area contributed by atoms with E-state index in [1.165, 1.54) is 32.1 Å². The van der Waals surface area contributed by atoms with Crippen molar-refractivity contribution in [3.63, 3.8) is 0 Å². The van der Waals surface area contributed by atoms with Crippen molar-refractivity contribution in [3.05, 3.63) is 18.0 Å². The van der Waals surface area contributed by atoms with Crippen LogP contribution in [0.3, 0.4) is 0 Å². The topological polar surface area (TPSA) is 29.0 Å². The Morgan fingerprint density at radius 3 is 2.71 bits per heavy atom. The van der Waals surface area contributed by atoms with E-state index in [1.807, 2.05) is 12.4 Å². The van der Waals surface area contributed by atoms with E-state index in [1.54, 1.807) is 0 Å². The van der Waals surface area contributed by atoms with Crippen molar-refractivity contribution in [1.82, 2.24) is 9.97 Å². The minimum absolute atomic E-state index is 0.492. The van der Waals surface area contributed by atoms with E-state index >= 15 is 0 Å². The quantitative estimate of drug-likeness (QED) is 0.757. The van der Waals surface area contributed by atoms with Crippen molar-refractivity contribution in [2.24, 2.45) is 5.92 Å². The van der Waals surface area contributed by atoms with Gasteiger partial charge in [-0.05, 0) is 31.6 Å². The number of rotatable bonds is 2. The number of anilines is 1. The zero-order valence-electron chi connectivity index (χ0n) is 9.98. The fourth-order valence-corrected chi connectivity index (χ4v) is 3.41. The van der Waals surface area contributed by atoms with Crippen LogP contribution in [-0.2, 0) is 5.88 Å². The molecule has 1 aliphatic carbocycles. The van der Waals surface area contributed by atoms with Gasteiger partial charge in [-0.3, -0.25) is 0 Å². The third-order valence-electron chi connectivity index (χ3n) is 4.10. The lowest BCUT2D eigenvalue weighted by Crippen LogP contribution is -2.43. The molecule has 2 unspecified atom stereocenters. The van der Waals surface area contributed by atoms with E-state index in [0.29, 0.717) is 11.9 Å². The van der Waals surface area contributed by atoms with Crippen molar-refractivity contribution >= 4 is 17.5 Å². The van der Waals surface area contributed by atoms with Gasteiger partial charge in [0.2, 0.25) is 5.95 Å². The zero-order chi connectivity index (χ0) is 11.7. The molecule has 1 aromatic heterocycles. The Labute approximate surface area is 107 Å². The summed E-state index contributed by atoms with van der Waals surface area (Å²) in [5.74, 6) is 2.27. The largest absolute Gasteiger partial charge is 0.338 e. The van der Waals surface area contributed by atoms with Gasteiger partial charge in [-0.25, -0.2) is 9.97 Å². The molecule has 0 spiro atoms. The number of aromatic nitrogens is 2. The molecule has 0 N–H and O–H groups in total. The van der Waals surface area contributed by atoms with Crippen molar-refractivity contribution in [3.8, 4) is 0 Å². The van der Waals surface area contributed by atoms with Crippen molar-refractivity contribution in [1.29, 1.82) is 0 Å². The highest BCUT2D eigenvalue weighted by atomic mass is 35.5. The molecule has 3 rings (SSSR count). The molecule has 1 saturated heterocycles. The average molecular weight is 252 g/mol. The van der Waals surface area contributed by atoms with Crippen LogP contribution < -0.4 is 4.90 Å². The van der Waals surface area contributed by atoms with E-state index in [9.17, 15) is 0 Å². The summed E-state index contributed by atoms with van der Waals surface area (Å²) in [4.78, 5) is 11.3. The summed E-state index contributed by atoms with van der Waals surface area (Å²) in [5.41, 5.74) is 0.996. The van der Waals surface area contributed by atoms with Crippen LogP contribution in [0.25, 0.3) is 0 Å². The second kappa shape index (κ2) is 4.81. The molecule has 1 aromatic rings. The highest BCUT2D eigenvalue weighted by molar-refractivity contribution is 6.17. The molecule has 0 aromatic carbocycles. The highest BCUT2D eigenvalue weighted by Crippen LogP contribution is 2.37. The molecule has 2 atom stereocenters. The average Bonchev–Trinajstić information content (AvgIpc) is 2.87. The Kier molecular flexibility index (Phi) is 3.19. The minimum Gasteiger partial charge on any atom is -0.338 e. The molecule has 92 valence electrons. The number of alkyl halides is 1. The normalized spacial score (nSPS) is 28.2. The van der Waals surface area contributed by atoms with Crippen LogP contribution in [0.1, 0.15) is 37.7 Å². The Hall–Kier alpha value is -0.830. The summed E-state index contributed by atoms with van der Waals surface area (Å²) in [6.45, 7) is 1.11. The summed E-state index contributed by atoms with van der Waals surface area (Å²) < 4.78 is 0. The smallest absolute Gasteiger partial charge is 0.225 e. The summed E-state index contributed by atoms with van der Waals surface area (Å²) in [6.07, 6.45) is 10.4. The van der Waals surface area contributed by atoms with Gasteiger partial charge in [0.25, 0.3) is 0 Å². The monoisotopic (exact) mass is 251 g/mol. The van der Waals surface area contributed by atoms with Gasteiger partial charge in [0.05, 0.1) is 5.88 Å². The summed E-state index contributed by atoms with van der Waals surface area (Å²) in [5, 5.41) is 0. The number of hydrogen-bond acceptors (Lipinski definition) is 3. The van der Waals surface area contributed by atoms with E-state index in [0.717, 1.165) is 24.0 Å². The Morgan fingerprint density at radius 1 is 1.18 bits per heavy atom. The second-order valence-electron chi connectivity index (χ2n) is 5.12. The van der Waals surface area contributed by atoms with Gasteiger partial charge in [-0.1, -0.05) is 6.42 Å². The second-order valence-corrected chi connectivity index (χ2v) is 5.39. The van der Waals surface area contributed by atoms with Crippen LogP contribution in [-0.4, -0.2) is 22.6 Å². The van der Waals surface area contributed by atoms with Crippen molar-refractivity contribution in [2.45, 2.75) is 44.0 Å². The van der Waals surface area contributed by atoms with E-state index < -0.39 is 0 Å². The molecule has 1 saturated carbocycles. The molecule has 4 heteroatoms. The Morgan fingerprint density at radius 2 is 1.94 bits per heavy atom. The molecule has 3 nitrogen and oxygen atoms in total.